The van der Waals surface area contributed by atoms with Gasteiger partial charge in [0.25, 0.3) is 0 Å². The van der Waals surface area contributed by atoms with Gasteiger partial charge < -0.3 is 16.0 Å². The number of aromatic nitrogens is 2. The highest BCUT2D eigenvalue weighted by molar-refractivity contribution is 9.10. The Kier molecular flexibility index (Phi) is 4.77. The molecule has 1 fully saturated rings. The van der Waals surface area contributed by atoms with Gasteiger partial charge in [-0.1, -0.05) is 6.92 Å². The summed E-state index contributed by atoms with van der Waals surface area (Å²) in [6, 6.07) is 1.70. The van der Waals surface area contributed by atoms with Gasteiger partial charge in [0.05, 0.1) is 0 Å². The lowest BCUT2D eigenvalue weighted by molar-refractivity contribution is 0.198. The Hall–Kier alpha value is -0.880. The van der Waals surface area contributed by atoms with Crippen LogP contribution in [-0.2, 0) is 0 Å². The van der Waals surface area contributed by atoms with E-state index in [2.05, 4.69) is 43.0 Å². The van der Waals surface area contributed by atoms with Crippen LogP contribution in [0.1, 0.15) is 19.8 Å². The van der Waals surface area contributed by atoms with Crippen molar-refractivity contribution in [2.45, 2.75) is 19.8 Å². The van der Waals surface area contributed by atoms with Crippen molar-refractivity contribution in [1.82, 2.24) is 14.9 Å². The van der Waals surface area contributed by atoms with Gasteiger partial charge in [-0.05, 0) is 54.3 Å². The third-order valence-electron chi connectivity index (χ3n) is 3.42. The van der Waals surface area contributed by atoms with Gasteiger partial charge in [0.2, 0.25) is 5.95 Å². The van der Waals surface area contributed by atoms with Crippen molar-refractivity contribution in [3.05, 3.63) is 10.7 Å². The van der Waals surface area contributed by atoms with Gasteiger partial charge >= 0.3 is 0 Å². The Balaban J connectivity index is 1.81. The zero-order valence-corrected chi connectivity index (χ0v) is 12.3. The second-order valence-corrected chi connectivity index (χ2v) is 5.51. The monoisotopic (exact) mass is 313 g/mol. The zero-order valence-electron chi connectivity index (χ0n) is 10.7. The number of hydrogen-bond donors (Lipinski definition) is 2. The third-order valence-corrected chi connectivity index (χ3v) is 3.82. The van der Waals surface area contributed by atoms with Crippen LogP contribution in [0.2, 0.25) is 0 Å². The van der Waals surface area contributed by atoms with E-state index in [1.165, 1.54) is 25.9 Å². The van der Waals surface area contributed by atoms with Crippen LogP contribution in [-0.4, -0.2) is 41.0 Å². The topological polar surface area (TPSA) is 67.1 Å². The highest BCUT2D eigenvalue weighted by Crippen LogP contribution is 2.18. The molecule has 0 spiro atoms. The number of halogens is 1. The summed E-state index contributed by atoms with van der Waals surface area (Å²) in [4.78, 5) is 10.9. The van der Waals surface area contributed by atoms with Crippen molar-refractivity contribution in [2.24, 2.45) is 5.92 Å². The molecule has 0 atom stereocenters. The first-order valence-electron chi connectivity index (χ1n) is 6.43. The Morgan fingerprint density at radius 3 is 2.78 bits per heavy atom. The van der Waals surface area contributed by atoms with E-state index >= 15 is 0 Å². The molecule has 0 saturated carbocycles. The molecule has 100 valence electrons. The molecule has 6 heteroatoms. The van der Waals surface area contributed by atoms with Gasteiger partial charge in [-0.25, -0.2) is 4.98 Å². The minimum atomic E-state index is 0.486. The molecular formula is C12H20BrN5. The molecule has 2 heterocycles. The lowest BCUT2D eigenvalue weighted by Crippen LogP contribution is -2.35. The van der Waals surface area contributed by atoms with Crippen LogP contribution in [0.5, 0.6) is 0 Å². The van der Waals surface area contributed by atoms with Crippen LogP contribution in [0.4, 0.5) is 11.8 Å². The minimum Gasteiger partial charge on any atom is -0.383 e. The summed E-state index contributed by atoms with van der Waals surface area (Å²) in [6.45, 7) is 6.70. The summed E-state index contributed by atoms with van der Waals surface area (Å²) < 4.78 is 0.721. The maximum atomic E-state index is 5.68. The molecule has 0 amide bonds. The van der Waals surface area contributed by atoms with Crippen LogP contribution >= 0.6 is 15.9 Å². The van der Waals surface area contributed by atoms with Gasteiger partial charge in [0, 0.05) is 12.6 Å². The summed E-state index contributed by atoms with van der Waals surface area (Å²) in [5.41, 5.74) is 5.68. The fourth-order valence-corrected chi connectivity index (χ4v) is 2.66. The van der Waals surface area contributed by atoms with Gasteiger partial charge in [-0.3, -0.25) is 0 Å². The molecule has 0 bridgehead atoms. The maximum absolute atomic E-state index is 5.68. The Labute approximate surface area is 116 Å². The first kappa shape index (κ1) is 13.5. The second-order valence-electron chi connectivity index (χ2n) is 4.70. The predicted octanol–water partition coefficient (Wildman–Crippen LogP) is 1.97. The molecule has 0 aliphatic carbocycles. The zero-order chi connectivity index (χ0) is 13.0. The summed E-state index contributed by atoms with van der Waals surface area (Å²) >= 11 is 3.32. The van der Waals surface area contributed by atoms with Crippen molar-refractivity contribution in [3.63, 3.8) is 0 Å². The number of rotatable bonds is 4. The molecule has 0 unspecified atom stereocenters. The molecular weight excluding hydrogens is 294 g/mol. The van der Waals surface area contributed by atoms with Crippen LogP contribution in [0.15, 0.2) is 10.7 Å². The molecule has 3 N–H and O–H groups in total. The second kappa shape index (κ2) is 6.33. The number of piperidine rings is 1. The highest BCUT2D eigenvalue weighted by atomic mass is 79.9. The van der Waals surface area contributed by atoms with E-state index in [-0.39, 0.29) is 0 Å². The van der Waals surface area contributed by atoms with Crippen molar-refractivity contribution >= 4 is 27.7 Å². The minimum absolute atomic E-state index is 0.486. The van der Waals surface area contributed by atoms with E-state index in [4.69, 9.17) is 5.73 Å². The molecule has 2 rings (SSSR count). The number of anilines is 2. The fourth-order valence-electron chi connectivity index (χ4n) is 2.26. The van der Waals surface area contributed by atoms with E-state index in [9.17, 15) is 0 Å². The van der Waals surface area contributed by atoms with E-state index < -0.39 is 0 Å². The number of likely N-dealkylation sites (tertiary alicyclic amines) is 1. The number of hydrogen-bond acceptors (Lipinski definition) is 5. The number of nitrogens with one attached hydrogen (secondary N) is 1. The molecule has 5 nitrogen and oxygen atoms in total. The normalized spacial score (nSPS) is 17.9. The average Bonchev–Trinajstić information content (AvgIpc) is 2.36. The van der Waals surface area contributed by atoms with E-state index in [1.807, 2.05) is 0 Å². The lowest BCUT2D eigenvalue weighted by atomic mass is 9.97. The number of nitrogens with two attached hydrogens (primary N) is 1. The molecule has 1 aliphatic heterocycles. The molecule has 1 aliphatic rings. The largest absolute Gasteiger partial charge is 0.383 e. The highest BCUT2D eigenvalue weighted by Gasteiger charge is 2.17. The summed E-state index contributed by atoms with van der Waals surface area (Å²) in [6.07, 6.45) is 2.48. The molecule has 1 aromatic heterocycles. The number of nitrogen functional groups attached to an aromatic ring is 1. The van der Waals surface area contributed by atoms with E-state index in [0.717, 1.165) is 17.7 Å². The van der Waals surface area contributed by atoms with Crippen molar-refractivity contribution in [2.75, 3.05) is 37.2 Å². The smallest absolute Gasteiger partial charge is 0.225 e. The van der Waals surface area contributed by atoms with Crippen LogP contribution in [0, 0.1) is 5.92 Å². The van der Waals surface area contributed by atoms with Crippen LogP contribution < -0.4 is 11.1 Å². The van der Waals surface area contributed by atoms with Gasteiger partial charge in [0.1, 0.15) is 10.4 Å². The standard InChI is InChI=1S/C12H20BrN5/c1-2-18-5-3-9(4-6-18)8-15-12-16-10(13)7-11(14)17-12/h7,9H,2-6,8H2,1H3,(H3,14,15,16,17). The van der Waals surface area contributed by atoms with Gasteiger partial charge in [-0.2, -0.15) is 4.98 Å². The number of nitrogens with zero attached hydrogens (tertiary/aromatic N) is 3. The molecule has 18 heavy (non-hydrogen) atoms. The molecule has 0 radical (unpaired) electrons. The van der Waals surface area contributed by atoms with Crippen LogP contribution in [0.3, 0.4) is 0 Å². The fraction of sp³-hybridized carbons (Fsp3) is 0.667. The molecule has 1 aromatic rings. The summed E-state index contributed by atoms with van der Waals surface area (Å²) in [7, 11) is 0. The first-order chi connectivity index (χ1) is 8.67. The Morgan fingerprint density at radius 2 is 2.17 bits per heavy atom. The summed E-state index contributed by atoms with van der Waals surface area (Å²) in [5, 5.41) is 3.28. The van der Waals surface area contributed by atoms with Crippen molar-refractivity contribution < 1.29 is 0 Å². The maximum Gasteiger partial charge on any atom is 0.225 e. The third kappa shape index (κ3) is 3.81. The Morgan fingerprint density at radius 1 is 1.44 bits per heavy atom. The summed E-state index contributed by atoms with van der Waals surface area (Å²) in [5.74, 6) is 1.80. The predicted molar refractivity (Wildman–Crippen MR) is 77.5 cm³/mol. The SMILES string of the molecule is CCN1CCC(CNc2nc(N)cc(Br)n2)CC1. The van der Waals surface area contributed by atoms with Crippen molar-refractivity contribution in [3.8, 4) is 0 Å². The quantitative estimate of drug-likeness (QED) is 0.832. The lowest BCUT2D eigenvalue weighted by Gasteiger charge is -2.31. The van der Waals surface area contributed by atoms with Crippen LogP contribution in [0.25, 0.3) is 0 Å². The molecule has 0 aromatic carbocycles. The van der Waals surface area contributed by atoms with Gasteiger partial charge in [0.15, 0.2) is 0 Å². The van der Waals surface area contributed by atoms with E-state index in [0.29, 0.717) is 17.7 Å². The van der Waals surface area contributed by atoms with E-state index in [1.54, 1.807) is 6.07 Å². The first-order valence-corrected chi connectivity index (χ1v) is 7.23. The van der Waals surface area contributed by atoms with Gasteiger partial charge in [-0.15, -0.1) is 0 Å². The Bertz CT molecular complexity index is 370. The van der Waals surface area contributed by atoms with Crippen molar-refractivity contribution in [1.29, 1.82) is 0 Å². The molecule has 1 saturated heterocycles. The average molecular weight is 314 g/mol.